The van der Waals surface area contributed by atoms with Crippen LogP contribution in [0.15, 0.2) is 42.7 Å². The maximum Gasteiger partial charge on any atom is 0.259 e. The second-order valence-electron chi connectivity index (χ2n) is 5.26. The minimum Gasteiger partial charge on any atom is -0.321 e. The van der Waals surface area contributed by atoms with Crippen LogP contribution in [0.5, 0.6) is 0 Å². The van der Waals surface area contributed by atoms with E-state index in [1.807, 2.05) is 61.8 Å². The molecule has 1 N–H and O–H groups in total. The number of amides is 1. The van der Waals surface area contributed by atoms with Gasteiger partial charge in [-0.1, -0.05) is 18.2 Å². The highest BCUT2D eigenvalue weighted by atomic mass is 16.1. The van der Waals surface area contributed by atoms with Crippen LogP contribution in [0.1, 0.15) is 27.2 Å². The van der Waals surface area contributed by atoms with Gasteiger partial charge in [-0.3, -0.25) is 4.79 Å². The minimum absolute atomic E-state index is 0.136. The Labute approximate surface area is 123 Å². The second kappa shape index (κ2) is 5.05. The summed E-state index contributed by atoms with van der Waals surface area (Å²) in [7, 11) is 0. The van der Waals surface area contributed by atoms with Gasteiger partial charge in [0.1, 0.15) is 5.65 Å². The molecule has 3 rings (SSSR count). The molecule has 0 fully saturated rings. The molecular formula is C17H17N3O. The normalized spacial score (nSPS) is 10.8. The highest BCUT2D eigenvalue weighted by Gasteiger charge is 2.14. The number of nitrogens with zero attached hydrogens (tertiary/aromatic N) is 2. The van der Waals surface area contributed by atoms with Crippen molar-refractivity contribution in [2.75, 3.05) is 5.32 Å². The predicted octanol–water partition coefficient (Wildman–Crippen LogP) is 3.51. The fourth-order valence-corrected chi connectivity index (χ4v) is 2.51. The number of carbonyl (C=O) groups is 1. The zero-order valence-corrected chi connectivity index (χ0v) is 12.3. The number of nitrogens with one attached hydrogen (secondary N) is 1. The van der Waals surface area contributed by atoms with E-state index in [-0.39, 0.29) is 5.91 Å². The fourth-order valence-electron chi connectivity index (χ4n) is 2.51. The molecule has 21 heavy (non-hydrogen) atoms. The van der Waals surface area contributed by atoms with E-state index in [0.717, 1.165) is 22.5 Å². The predicted molar refractivity (Wildman–Crippen MR) is 83.8 cm³/mol. The summed E-state index contributed by atoms with van der Waals surface area (Å²) in [6.45, 7) is 5.89. The Hall–Kier alpha value is -2.62. The molecule has 106 valence electrons. The molecule has 0 aliphatic carbocycles. The quantitative estimate of drug-likeness (QED) is 0.780. The van der Waals surface area contributed by atoms with Crippen molar-refractivity contribution >= 4 is 17.2 Å². The van der Waals surface area contributed by atoms with E-state index in [4.69, 9.17) is 0 Å². The lowest BCUT2D eigenvalue weighted by atomic mass is 10.1. The van der Waals surface area contributed by atoms with Crippen molar-refractivity contribution in [1.82, 2.24) is 9.38 Å². The number of benzene rings is 1. The van der Waals surface area contributed by atoms with Crippen LogP contribution in [-0.2, 0) is 0 Å². The van der Waals surface area contributed by atoms with Gasteiger partial charge in [0.15, 0.2) is 0 Å². The van der Waals surface area contributed by atoms with Gasteiger partial charge in [0.25, 0.3) is 5.91 Å². The van der Waals surface area contributed by atoms with Crippen molar-refractivity contribution in [3.63, 3.8) is 0 Å². The summed E-state index contributed by atoms with van der Waals surface area (Å²) in [6, 6.07) is 9.61. The van der Waals surface area contributed by atoms with E-state index in [0.29, 0.717) is 11.2 Å². The van der Waals surface area contributed by atoms with Gasteiger partial charge in [0.2, 0.25) is 0 Å². The molecule has 4 nitrogen and oxygen atoms in total. The third-order valence-electron chi connectivity index (χ3n) is 3.57. The number of carbonyl (C=O) groups excluding carboxylic acids is 1. The van der Waals surface area contributed by atoms with Crippen LogP contribution in [0, 0.1) is 20.8 Å². The van der Waals surface area contributed by atoms with Crippen molar-refractivity contribution in [3.8, 4) is 0 Å². The molecular weight excluding hydrogens is 262 g/mol. The van der Waals surface area contributed by atoms with Gasteiger partial charge >= 0.3 is 0 Å². The number of para-hydroxylation sites is 1. The first kappa shape index (κ1) is 13.4. The monoisotopic (exact) mass is 279 g/mol. The lowest BCUT2D eigenvalue weighted by molar-refractivity contribution is 0.102. The molecule has 3 aromatic rings. The number of fused-ring (bicyclic) bond motifs is 1. The van der Waals surface area contributed by atoms with Crippen LogP contribution in [0.3, 0.4) is 0 Å². The van der Waals surface area contributed by atoms with E-state index in [1.54, 1.807) is 6.07 Å². The number of hydrogen-bond acceptors (Lipinski definition) is 2. The molecule has 4 heteroatoms. The molecule has 0 spiro atoms. The third kappa shape index (κ3) is 2.40. The summed E-state index contributed by atoms with van der Waals surface area (Å²) >= 11 is 0. The largest absolute Gasteiger partial charge is 0.321 e. The summed E-state index contributed by atoms with van der Waals surface area (Å²) in [6.07, 6.45) is 3.80. The molecule has 0 aliphatic heterocycles. The van der Waals surface area contributed by atoms with Gasteiger partial charge in [-0.05, 0) is 44.0 Å². The van der Waals surface area contributed by atoms with Crippen LogP contribution in [0.4, 0.5) is 5.69 Å². The first-order chi connectivity index (χ1) is 10.1. The summed E-state index contributed by atoms with van der Waals surface area (Å²) in [5, 5.41) is 3.00. The number of hydrogen-bond donors (Lipinski definition) is 1. The standard InChI is InChI=1S/C17H17N3O/c1-11-6-4-7-12(2)15(11)19-17(21)14-8-5-9-20-10-13(3)18-16(14)20/h4-10H,1-3H3,(H,19,21). The van der Waals surface area contributed by atoms with Gasteiger partial charge < -0.3 is 9.72 Å². The molecule has 1 aromatic carbocycles. The number of aryl methyl sites for hydroxylation is 3. The van der Waals surface area contributed by atoms with Gasteiger partial charge in [-0.15, -0.1) is 0 Å². The Balaban J connectivity index is 2.01. The topological polar surface area (TPSA) is 46.4 Å². The van der Waals surface area contributed by atoms with Crippen LogP contribution in [-0.4, -0.2) is 15.3 Å². The number of anilines is 1. The molecule has 2 heterocycles. The van der Waals surface area contributed by atoms with Crippen molar-refractivity contribution < 1.29 is 4.79 Å². The summed E-state index contributed by atoms with van der Waals surface area (Å²) < 4.78 is 1.87. The Morgan fingerprint density at radius 3 is 2.52 bits per heavy atom. The molecule has 0 atom stereocenters. The van der Waals surface area contributed by atoms with E-state index < -0.39 is 0 Å². The maximum absolute atomic E-state index is 12.6. The minimum atomic E-state index is -0.136. The van der Waals surface area contributed by atoms with Gasteiger partial charge in [0.05, 0.1) is 11.3 Å². The Morgan fingerprint density at radius 2 is 1.81 bits per heavy atom. The molecule has 1 amide bonds. The lowest BCUT2D eigenvalue weighted by Crippen LogP contribution is -2.15. The molecule has 0 saturated heterocycles. The molecule has 0 bridgehead atoms. The average Bonchev–Trinajstić information content (AvgIpc) is 2.82. The van der Waals surface area contributed by atoms with Crippen molar-refractivity contribution in [1.29, 1.82) is 0 Å². The molecule has 0 radical (unpaired) electrons. The average molecular weight is 279 g/mol. The van der Waals surface area contributed by atoms with E-state index in [9.17, 15) is 4.79 Å². The number of rotatable bonds is 2. The Bertz CT molecular complexity index is 813. The molecule has 0 unspecified atom stereocenters. The van der Waals surface area contributed by atoms with Crippen molar-refractivity contribution in [3.05, 3.63) is 65.1 Å². The zero-order valence-electron chi connectivity index (χ0n) is 12.3. The highest BCUT2D eigenvalue weighted by molar-refractivity contribution is 6.08. The fraction of sp³-hybridized carbons (Fsp3) is 0.176. The third-order valence-corrected chi connectivity index (χ3v) is 3.57. The summed E-state index contributed by atoms with van der Waals surface area (Å²) in [4.78, 5) is 17.0. The molecule has 2 aromatic heterocycles. The number of pyridine rings is 1. The first-order valence-electron chi connectivity index (χ1n) is 6.88. The second-order valence-corrected chi connectivity index (χ2v) is 5.26. The van der Waals surface area contributed by atoms with Crippen molar-refractivity contribution in [2.45, 2.75) is 20.8 Å². The van der Waals surface area contributed by atoms with Crippen LogP contribution < -0.4 is 5.32 Å². The summed E-state index contributed by atoms with van der Waals surface area (Å²) in [5.74, 6) is -0.136. The van der Waals surface area contributed by atoms with Gasteiger partial charge in [0, 0.05) is 18.1 Å². The van der Waals surface area contributed by atoms with Gasteiger partial charge in [-0.2, -0.15) is 0 Å². The lowest BCUT2D eigenvalue weighted by Gasteiger charge is -2.11. The molecule has 0 aliphatic rings. The highest BCUT2D eigenvalue weighted by Crippen LogP contribution is 2.21. The Kier molecular flexibility index (Phi) is 3.22. The van der Waals surface area contributed by atoms with Crippen LogP contribution >= 0.6 is 0 Å². The van der Waals surface area contributed by atoms with E-state index in [2.05, 4.69) is 10.3 Å². The van der Waals surface area contributed by atoms with E-state index in [1.165, 1.54) is 0 Å². The molecule has 0 saturated carbocycles. The van der Waals surface area contributed by atoms with Gasteiger partial charge in [-0.25, -0.2) is 4.98 Å². The SMILES string of the molecule is Cc1cn2cccc(C(=O)Nc3c(C)cccc3C)c2n1. The maximum atomic E-state index is 12.6. The number of imidazole rings is 1. The van der Waals surface area contributed by atoms with E-state index >= 15 is 0 Å². The van der Waals surface area contributed by atoms with Crippen LogP contribution in [0.2, 0.25) is 0 Å². The zero-order chi connectivity index (χ0) is 15.0. The van der Waals surface area contributed by atoms with Crippen molar-refractivity contribution in [2.24, 2.45) is 0 Å². The summed E-state index contributed by atoms with van der Waals surface area (Å²) in [5.41, 5.74) is 5.12. The Morgan fingerprint density at radius 1 is 1.10 bits per heavy atom. The number of aromatic nitrogens is 2. The first-order valence-corrected chi connectivity index (χ1v) is 6.88. The van der Waals surface area contributed by atoms with Crippen LogP contribution in [0.25, 0.3) is 5.65 Å². The smallest absolute Gasteiger partial charge is 0.259 e.